The third-order valence-electron chi connectivity index (χ3n) is 3.91. The van der Waals surface area contributed by atoms with Crippen LogP contribution in [-0.4, -0.2) is 30.9 Å². The molecule has 0 unspecified atom stereocenters. The average molecular weight is 374 g/mol. The van der Waals surface area contributed by atoms with E-state index in [1.54, 1.807) is 6.20 Å². The van der Waals surface area contributed by atoms with Crippen LogP contribution in [-0.2, 0) is 23.1 Å². The molecule has 7 nitrogen and oxygen atoms in total. The van der Waals surface area contributed by atoms with Gasteiger partial charge < -0.3 is 9.73 Å². The molecule has 3 rings (SSSR count). The van der Waals surface area contributed by atoms with Crippen molar-refractivity contribution in [3.63, 3.8) is 0 Å². The van der Waals surface area contributed by atoms with Crippen molar-refractivity contribution in [1.29, 1.82) is 0 Å². The van der Waals surface area contributed by atoms with Crippen LogP contribution in [0, 0.1) is 6.92 Å². The van der Waals surface area contributed by atoms with E-state index >= 15 is 0 Å². The lowest BCUT2D eigenvalue weighted by Crippen LogP contribution is -2.31. The molecule has 2 heterocycles. The van der Waals surface area contributed by atoms with Gasteiger partial charge in [-0.05, 0) is 24.6 Å². The molecule has 0 spiro atoms. The Labute approximate surface area is 152 Å². The Hall–Kier alpha value is -2.42. The fraction of sp³-hybridized carbons (Fsp3) is 0.278. The summed E-state index contributed by atoms with van der Waals surface area (Å²) in [5, 5.41) is 10.1. The molecule has 0 saturated heterocycles. The maximum absolute atomic E-state index is 12.1. The van der Waals surface area contributed by atoms with Crippen molar-refractivity contribution < 1.29 is 12.8 Å². The Morgan fingerprint density at radius 1 is 1.12 bits per heavy atom. The average Bonchev–Trinajstić information content (AvgIpc) is 3.26. The lowest BCUT2D eigenvalue weighted by atomic mass is 10.2. The molecule has 0 fully saturated rings. The van der Waals surface area contributed by atoms with Gasteiger partial charge in [-0.25, -0.2) is 13.1 Å². The number of benzene rings is 1. The zero-order valence-corrected chi connectivity index (χ0v) is 15.3. The molecule has 0 saturated carbocycles. The number of hydrogen-bond donors (Lipinski definition) is 3. The molecule has 3 N–H and O–H groups in total. The van der Waals surface area contributed by atoms with Crippen molar-refractivity contribution in [2.75, 3.05) is 12.3 Å². The minimum atomic E-state index is -3.33. The highest BCUT2D eigenvalue weighted by molar-refractivity contribution is 7.89. The molecule has 2 aromatic heterocycles. The number of aryl methyl sites for hydroxylation is 1. The first kappa shape index (κ1) is 18.4. The molecule has 0 atom stereocenters. The van der Waals surface area contributed by atoms with Crippen molar-refractivity contribution in [3.8, 4) is 11.5 Å². The fourth-order valence-corrected chi connectivity index (χ4v) is 3.46. The Morgan fingerprint density at radius 3 is 2.65 bits per heavy atom. The van der Waals surface area contributed by atoms with Gasteiger partial charge >= 0.3 is 0 Å². The predicted molar refractivity (Wildman–Crippen MR) is 99.8 cm³/mol. The lowest BCUT2D eigenvalue weighted by Gasteiger charge is -2.08. The van der Waals surface area contributed by atoms with Crippen LogP contribution in [0.1, 0.15) is 16.9 Å². The first-order chi connectivity index (χ1) is 12.5. The van der Waals surface area contributed by atoms with Crippen LogP contribution in [0.2, 0.25) is 0 Å². The molecule has 26 heavy (non-hydrogen) atoms. The summed E-state index contributed by atoms with van der Waals surface area (Å²) in [5.74, 6) is 1.55. The smallest absolute Gasteiger partial charge is 0.213 e. The van der Waals surface area contributed by atoms with Crippen molar-refractivity contribution >= 4 is 10.0 Å². The van der Waals surface area contributed by atoms with Crippen LogP contribution in [0.15, 0.2) is 53.1 Å². The maximum atomic E-state index is 12.1. The first-order valence-corrected chi connectivity index (χ1v) is 10.00. The van der Waals surface area contributed by atoms with Gasteiger partial charge in [0, 0.05) is 25.2 Å². The summed E-state index contributed by atoms with van der Waals surface area (Å²) >= 11 is 0. The number of furan rings is 1. The van der Waals surface area contributed by atoms with Gasteiger partial charge in [0.15, 0.2) is 5.76 Å². The van der Waals surface area contributed by atoms with Crippen molar-refractivity contribution in [2.45, 2.75) is 20.0 Å². The number of nitrogens with zero attached hydrogens (tertiary/aromatic N) is 1. The zero-order valence-electron chi connectivity index (χ0n) is 14.5. The fourth-order valence-electron chi connectivity index (χ4n) is 2.52. The maximum Gasteiger partial charge on any atom is 0.213 e. The molecule has 0 aliphatic heterocycles. The van der Waals surface area contributed by atoms with E-state index in [-0.39, 0.29) is 5.75 Å². The van der Waals surface area contributed by atoms with Crippen LogP contribution >= 0.6 is 0 Å². The number of hydrogen-bond acceptors (Lipinski definition) is 5. The standard InChI is InChI=1S/C18H22N4O3S/c1-14-7-8-17(25-14)18-16(13-20-22-18)12-19-9-10-26(23,24)21-11-15-5-3-2-4-6-15/h2-8,13,19,21H,9-12H2,1H3,(H,20,22). The van der Waals surface area contributed by atoms with E-state index in [0.717, 1.165) is 22.6 Å². The van der Waals surface area contributed by atoms with Gasteiger partial charge in [0.1, 0.15) is 11.5 Å². The number of rotatable bonds is 9. The summed E-state index contributed by atoms with van der Waals surface area (Å²) in [7, 11) is -3.33. The molecule has 138 valence electrons. The normalized spacial score (nSPS) is 11.7. The van der Waals surface area contributed by atoms with Gasteiger partial charge in [0.2, 0.25) is 10.0 Å². The van der Waals surface area contributed by atoms with Crippen molar-refractivity contribution in [1.82, 2.24) is 20.2 Å². The Bertz CT molecular complexity index is 932. The molecular formula is C18H22N4O3S. The van der Waals surface area contributed by atoms with E-state index in [0.29, 0.717) is 25.4 Å². The van der Waals surface area contributed by atoms with Crippen LogP contribution in [0.4, 0.5) is 0 Å². The highest BCUT2D eigenvalue weighted by Crippen LogP contribution is 2.23. The molecule has 0 aliphatic rings. The molecule has 1 aromatic carbocycles. The summed E-state index contributed by atoms with van der Waals surface area (Å²) in [6.07, 6.45) is 1.71. The third kappa shape index (κ3) is 5.04. The van der Waals surface area contributed by atoms with E-state index < -0.39 is 10.0 Å². The molecule has 0 aliphatic carbocycles. The summed E-state index contributed by atoms with van der Waals surface area (Å²) < 4.78 is 32.3. The molecule has 0 bridgehead atoms. The summed E-state index contributed by atoms with van der Waals surface area (Å²) in [4.78, 5) is 0. The van der Waals surface area contributed by atoms with Crippen LogP contribution in [0.5, 0.6) is 0 Å². The van der Waals surface area contributed by atoms with E-state index in [9.17, 15) is 8.42 Å². The van der Waals surface area contributed by atoms with E-state index in [2.05, 4.69) is 20.2 Å². The Balaban J connectivity index is 1.46. The van der Waals surface area contributed by atoms with Crippen LogP contribution in [0.3, 0.4) is 0 Å². The second-order valence-electron chi connectivity index (χ2n) is 5.98. The molecule has 0 amide bonds. The van der Waals surface area contributed by atoms with Gasteiger partial charge in [-0.2, -0.15) is 5.10 Å². The predicted octanol–water partition coefficient (Wildman–Crippen LogP) is 2.19. The van der Waals surface area contributed by atoms with Gasteiger partial charge in [0.05, 0.1) is 11.9 Å². The Kier molecular flexibility index (Phi) is 5.87. The van der Waals surface area contributed by atoms with E-state index in [4.69, 9.17) is 4.42 Å². The van der Waals surface area contributed by atoms with Gasteiger partial charge in [-0.1, -0.05) is 30.3 Å². The summed E-state index contributed by atoms with van der Waals surface area (Å²) in [5.41, 5.74) is 2.66. The summed E-state index contributed by atoms with van der Waals surface area (Å²) in [6, 6.07) is 13.2. The minimum Gasteiger partial charge on any atom is -0.460 e. The zero-order chi connectivity index (χ0) is 18.4. The third-order valence-corrected chi connectivity index (χ3v) is 5.23. The van der Waals surface area contributed by atoms with E-state index in [1.165, 1.54) is 0 Å². The van der Waals surface area contributed by atoms with Gasteiger partial charge in [-0.15, -0.1) is 0 Å². The topological polar surface area (TPSA) is 100 Å². The highest BCUT2D eigenvalue weighted by atomic mass is 32.2. The number of aromatic amines is 1. The first-order valence-electron chi connectivity index (χ1n) is 8.34. The van der Waals surface area contributed by atoms with E-state index in [1.807, 2.05) is 49.4 Å². The van der Waals surface area contributed by atoms with Gasteiger partial charge in [0.25, 0.3) is 0 Å². The number of nitrogens with one attached hydrogen (secondary N) is 3. The molecular weight excluding hydrogens is 352 g/mol. The highest BCUT2D eigenvalue weighted by Gasteiger charge is 2.12. The quantitative estimate of drug-likeness (QED) is 0.499. The second-order valence-corrected chi connectivity index (χ2v) is 7.91. The monoisotopic (exact) mass is 374 g/mol. The second kappa shape index (κ2) is 8.31. The lowest BCUT2D eigenvalue weighted by molar-refractivity contribution is 0.545. The molecule has 3 aromatic rings. The molecule has 8 heteroatoms. The molecule has 0 radical (unpaired) electrons. The van der Waals surface area contributed by atoms with Crippen LogP contribution < -0.4 is 10.0 Å². The number of sulfonamides is 1. The van der Waals surface area contributed by atoms with Crippen molar-refractivity contribution in [2.24, 2.45) is 0 Å². The van der Waals surface area contributed by atoms with Crippen molar-refractivity contribution in [3.05, 3.63) is 65.5 Å². The largest absolute Gasteiger partial charge is 0.460 e. The Morgan fingerprint density at radius 2 is 1.92 bits per heavy atom. The number of aromatic nitrogens is 2. The van der Waals surface area contributed by atoms with Gasteiger partial charge in [-0.3, -0.25) is 5.10 Å². The number of H-pyrrole nitrogens is 1. The SMILES string of the molecule is Cc1ccc(-c2[nH]ncc2CNCCS(=O)(=O)NCc2ccccc2)o1. The summed E-state index contributed by atoms with van der Waals surface area (Å²) in [6.45, 7) is 3.02. The van der Waals surface area contributed by atoms with Crippen LogP contribution in [0.25, 0.3) is 11.5 Å². The minimum absolute atomic E-state index is 0.00682.